The highest BCUT2D eigenvalue weighted by Gasteiger charge is 2.44. The van der Waals surface area contributed by atoms with Crippen LogP contribution in [-0.4, -0.2) is 41.6 Å². The molecule has 30 heavy (non-hydrogen) atoms. The molecule has 1 unspecified atom stereocenters. The molecule has 1 aromatic rings. The molecule has 5 heteroatoms. The molecule has 0 aromatic heterocycles. The predicted molar refractivity (Wildman–Crippen MR) is 116 cm³/mol. The molecule has 0 aliphatic heterocycles. The first kappa shape index (κ1) is 23.1. The number of ether oxygens (including phenoxy) is 2. The summed E-state index contributed by atoms with van der Waals surface area (Å²) in [6.45, 7) is 4.25. The summed E-state index contributed by atoms with van der Waals surface area (Å²) in [6.07, 6.45) is 8.06. The first-order chi connectivity index (χ1) is 14.5. The lowest BCUT2D eigenvalue weighted by Gasteiger charge is -2.32. The molecule has 3 rings (SSSR count). The fourth-order valence-electron chi connectivity index (χ4n) is 5.44. The largest absolute Gasteiger partial charge is 0.482 e. The molecule has 0 radical (unpaired) electrons. The Kier molecular flexibility index (Phi) is 8.58. The molecule has 168 valence electrons. The number of benzene rings is 1. The predicted octanol–water partition coefficient (Wildman–Crippen LogP) is 4.06. The number of hydrogen-bond donors (Lipinski definition) is 2. The Balaban J connectivity index is 1.60. The van der Waals surface area contributed by atoms with Gasteiger partial charge in [0.05, 0.1) is 18.8 Å². The molecule has 5 atom stereocenters. The van der Waals surface area contributed by atoms with Crippen LogP contribution in [0.15, 0.2) is 18.2 Å². The third kappa shape index (κ3) is 5.76. The van der Waals surface area contributed by atoms with Gasteiger partial charge in [-0.05, 0) is 80.4 Å². The first-order valence-electron chi connectivity index (χ1n) is 11.8. The summed E-state index contributed by atoms with van der Waals surface area (Å²) in [5.41, 5.74) is 2.44. The minimum absolute atomic E-state index is 0.0699. The van der Waals surface area contributed by atoms with Crippen LogP contribution in [0, 0.1) is 17.8 Å². The minimum Gasteiger partial charge on any atom is -0.482 e. The fraction of sp³-hybridized carbons (Fsp3) is 0.720. The standard InChI is InChI=1S/C25H38O5/c1-3-5-6-9-19(26)11-12-20-21-13-17-8-7-10-24(30-16-25(28)29-4-2)22(17)14-18(21)15-23(20)27/h7-8,10,18-21,23,26-27H,3-6,9,11-16H2,1-2H3/t18-,19?,20+,21-,23+/m0/s1. The van der Waals surface area contributed by atoms with Crippen molar-refractivity contribution in [2.45, 2.75) is 83.8 Å². The second-order valence-electron chi connectivity index (χ2n) is 9.01. The van der Waals surface area contributed by atoms with Crippen LogP contribution in [0.3, 0.4) is 0 Å². The number of carbonyl (C=O) groups is 1. The van der Waals surface area contributed by atoms with Crippen molar-refractivity contribution in [3.05, 3.63) is 29.3 Å². The van der Waals surface area contributed by atoms with Gasteiger partial charge in [-0.3, -0.25) is 0 Å². The summed E-state index contributed by atoms with van der Waals surface area (Å²) in [7, 11) is 0. The van der Waals surface area contributed by atoms with Crippen LogP contribution in [0.4, 0.5) is 0 Å². The first-order valence-corrected chi connectivity index (χ1v) is 11.8. The van der Waals surface area contributed by atoms with Crippen LogP contribution in [0.1, 0.15) is 69.9 Å². The van der Waals surface area contributed by atoms with Crippen molar-refractivity contribution < 1.29 is 24.5 Å². The van der Waals surface area contributed by atoms with Crippen LogP contribution >= 0.6 is 0 Å². The highest BCUT2D eigenvalue weighted by Crippen LogP contribution is 2.48. The minimum atomic E-state index is -0.349. The average molecular weight is 419 g/mol. The lowest BCUT2D eigenvalue weighted by atomic mass is 9.73. The van der Waals surface area contributed by atoms with E-state index in [1.54, 1.807) is 6.92 Å². The molecule has 0 saturated heterocycles. The van der Waals surface area contributed by atoms with Gasteiger partial charge in [0.15, 0.2) is 6.61 Å². The number of carbonyl (C=O) groups excluding carboxylic acids is 1. The molecular formula is C25H38O5. The molecule has 5 nitrogen and oxygen atoms in total. The van der Waals surface area contributed by atoms with Gasteiger partial charge in [0.1, 0.15) is 5.75 Å². The molecule has 0 bridgehead atoms. The molecule has 0 heterocycles. The highest BCUT2D eigenvalue weighted by molar-refractivity contribution is 5.71. The summed E-state index contributed by atoms with van der Waals surface area (Å²) in [4.78, 5) is 11.7. The van der Waals surface area contributed by atoms with Crippen molar-refractivity contribution in [2.24, 2.45) is 17.8 Å². The SMILES string of the molecule is CCCCCC(O)CC[C@@H]1[C@H]2Cc3cccc(OCC(=O)OCC)c3C[C@H]2C[C@H]1O. The van der Waals surface area contributed by atoms with Crippen molar-refractivity contribution in [1.82, 2.24) is 0 Å². The molecular weight excluding hydrogens is 380 g/mol. The van der Waals surface area contributed by atoms with Crippen molar-refractivity contribution in [1.29, 1.82) is 0 Å². The number of rotatable bonds is 11. The van der Waals surface area contributed by atoms with Crippen LogP contribution in [-0.2, 0) is 22.4 Å². The van der Waals surface area contributed by atoms with Gasteiger partial charge in [-0.15, -0.1) is 0 Å². The van der Waals surface area contributed by atoms with Crippen LogP contribution < -0.4 is 4.74 Å². The molecule has 2 N–H and O–H groups in total. The normalized spacial score (nSPS) is 26.0. The molecule has 1 saturated carbocycles. The maximum Gasteiger partial charge on any atom is 0.344 e. The number of aliphatic hydroxyl groups excluding tert-OH is 2. The number of hydrogen-bond acceptors (Lipinski definition) is 5. The average Bonchev–Trinajstić information content (AvgIpc) is 3.03. The van der Waals surface area contributed by atoms with Gasteiger partial charge >= 0.3 is 5.97 Å². The van der Waals surface area contributed by atoms with Crippen LogP contribution in [0.5, 0.6) is 5.75 Å². The fourth-order valence-corrected chi connectivity index (χ4v) is 5.44. The zero-order valence-corrected chi connectivity index (χ0v) is 18.5. The van der Waals surface area contributed by atoms with E-state index in [0.717, 1.165) is 50.7 Å². The van der Waals surface area contributed by atoms with Crippen LogP contribution in [0.2, 0.25) is 0 Å². The monoisotopic (exact) mass is 418 g/mol. The smallest absolute Gasteiger partial charge is 0.344 e. The maximum absolute atomic E-state index is 11.7. The van der Waals surface area contributed by atoms with Crippen molar-refractivity contribution >= 4 is 5.97 Å². The van der Waals surface area contributed by atoms with Gasteiger partial charge in [-0.25, -0.2) is 4.79 Å². The van der Waals surface area contributed by atoms with Crippen molar-refractivity contribution in [2.75, 3.05) is 13.2 Å². The van der Waals surface area contributed by atoms with E-state index in [2.05, 4.69) is 13.0 Å². The molecule has 2 aliphatic rings. The number of unbranched alkanes of at least 4 members (excludes halogenated alkanes) is 2. The molecule has 2 aliphatic carbocycles. The zero-order valence-electron chi connectivity index (χ0n) is 18.5. The summed E-state index contributed by atoms with van der Waals surface area (Å²) in [6, 6.07) is 6.05. The molecule has 1 fully saturated rings. The summed E-state index contributed by atoms with van der Waals surface area (Å²) in [5, 5.41) is 21.1. The van der Waals surface area contributed by atoms with Gasteiger partial charge in [0, 0.05) is 0 Å². The number of esters is 1. The number of fused-ring (bicyclic) bond motifs is 2. The van der Waals surface area contributed by atoms with E-state index in [-0.39, 0.29) is 30.7 Å². The highest BCUT2D eigenvalue weighted by atomic mass is 16.6. The van der Waals surface area contributed by atoms with Gasteiger partial charge in [-0.2, -0.15) is 0 Å². The second kappa shape index (κ2) is 11.1. The maximum atomic E-state index is 11.7. The summed E-state index contributed by atoms with van der Waals surface area (Å²) in [5.74, 6) is 1.56. The Bertz CT molecular complexity index is 688. The second-order valence-corrected chi connectivity index (χ2v) is 9.01. The Morgan fingerprint density at radius 2 is 2.03 bits per heavy atom. The van der Waals surface area contributed by atoms with E-state index < -0.39 is 0 Å². The summed E-state index contributed by atoms with van der Waals surface area (Å²) < 4.78 is 10.7. The van der Waals surface area contributed by atoms with E-state index in [1.165, 1.54) is 24.0 Å². The molecule has 0 spiro atoms. The number of aliphatic hydroxyl groups is 2. The molecule has 0 amide bonds. The lowest BCUT2D eigenvalue weighted by Crippen LogP contribution is -2.28. The Morgan fingerprint density at radius 3 is 2.80 bits per heavy atom. The Labute approximate surface area is 180 Å². The third-order valence-corrected chi connectivity index (χ3v) is 6.97. The van der Waals surface area contributed by atoms with Gasteiger partial charge < -0.3 is 19.7 Å². The Morgan fingerprint density at radius 1 is 1.20 bits per heavy atom. The van der Waals surface area contributed by atoms with E-state index >= 15 is 0 Å². The van der Waals surface area contributed by atoms with Crippen molar-refractivity contribution in [3.63, 3.8) is 0 Å². The van der Waals surface area contributed by atoms with Gasteiger partial charge in [0.2, 0.25) is 0 Å². The topological polar surface area (TPSA) is 76.0 Å². The molecule has 1 aromatic carbocycles. The lowest BCUT2D eigenvalue weighted by molar-refractivity contribution is -0.145. The van der Waals surface area contributed by atoms with E-state index in [4.69, 9.17) is 9.47 Å². The third-order valence-electron chi connectivity index (χ3n) is 6.97. The van der Waals surface area contributed by atoms with Crippen LogP contribution in [0.25, 0.3) is 0 Å². The summed E-state index contributed by atoms with van der Waals surface area (Å²) >= 11 is 0. The quantitative estimate of drug-likeness (QED) is 0.419. The van der Waals surface area contributed by atoms with Crippen molar-refractivity contribution in [3.8, 4) is 5.75 Å². The van der Waals surface area contributed by atoms with E-state index in [9.17, 15) is 15.0 Å². The Hall–Kier alpha value is -1.59. The van der Waals surface area contributed by atoms with E-state index in [0.29, 0.717) is 18.4 Å². The van der Waals surface area contributed by atoms with Gasteiger partial charge in [0.25, 0.3) is 0 Å². The zero-order chi connectivity index (χ0) is 21.5. The van der Waals surface area contributed by atoms with E-state index in [1.807, 2.05) is 12.1 Å². The van der Waals surface area contributed by atoms with Gasteiger partial charge in [-0.1, -0.05) is 38.3 Å².